The Morgan fingerprint density at radius 1 is 1.50 bits per heavy atom. The standard InChI is InChI=1S/C10H21NO/c1-9(2)8-10(11-3)6-5-7-12-4/h8,10-11H,5-7H2,1-4H3. The normalized spacial score (nSPS) is 12.7. The molecule has 0 radical (unpaired) electrons. The maximum atomic E-state index is 4.99. The highest BCUT2D eigenvalue weighted by Crippen LogP contribution is 2.01. The van der Waals surface area contributed by atoms with Crippen LogP contribution in [0, 0.1) is 0 Å². The van der Waals surface area contributed by atoms with Crippen molar-refractivity contribution in [3.05, 3.63) is 11.6 Å². The van der Waals surface area contributed by atoms with E-state index in [0.29, 0.717) is 6.04 Å². The fourth-order valence-electron chi connectivity index (χ4n) is 1.16. The summed E-state index contributed by atoms with van der Waals surface area (Å²) in [7, 11) is 3.74. The van der Waals surface area contributed by atoms with Crippen LogP contribution < -0.4 is 5.32 Å². The van der Waals surface area contributed by atoms with Gasteiger partial charge in [0.2, 0.25) is 0 Å². The number of allylic oxidation sites excluding steroid dienone is 1. The van der Waals surface area contributed by atoms with Crippen LogP contribution >= 0.6 is 0 Å². The van der Waals surface area contributed by atoms with Crippen LogP contribution in [-0.2, 0) is 4.74 Å². The Labute approximate surface area is 76.0 Å². The maximum absolute atomic E-state index is 4.99. The number of ether oxygens (including phenoxy) is 1. The highest BCUT2D eigenvalue weighted by Gasteiger charge is 2.00. The molecule has 0 aliphatic rings. The van der Waals surface area contributed by atoms with E-state index in [4.69, 9.17) is 4.74 Å². The molecule has 0 aromatic heterocycles. The fourth-order valence-corrected chi connectivity index (χ4v) is 1.16. The largest absolute Gasteiger partial charge is 0.385 e. The summed E-state index contributed by atoms with van der Waals surface area (Å²) in [5, 5.41) is 3.26. The summed E-state index contributed by atoms with van der Waals surface area (Å²) in [5.74, 6) is 0. The summed E-state index contributed by atoms with van der Waals surface area (Å²) in [6, 6.07) is 0.505. The van der Waals surface area contributed by atoms with Crippen LogP contribution in [0.4, 0.5) is 0 Å². The van der Waals surface area contributed by atoms with E-state index in [-0.39, 0.29) is 0 Å². The van der Waals surface area contributed by atoms with E-state index in [1.54, 1.807) is 7.11 Å². The van der Waals surface area contributed by atoms with Crippen molar-refractivity contribution in [1.82, 2.24) is 5.32 Å². The molecule has 2 heteroatoms. The molecule has 0 spiro atoms. The van der Waals surface area contributed by atoms with Gasteiger partial charge in [0.1, 0.15) is 0 Å². The minimum Gasteiger partial charge on any atom is -0.385 e. The predicted molar refractivity (Wildman–Crippen MR) is 53.4 cm³/mol. The minimum atomic E-state index is 0.505. The lowest BCUT2D eigenvalue weighted by molar-refractivity contribution is 0.191. The van der Waals surface area contributed by atoms with Crippen molar-refractivity contribution in [2.45, 2.75) is 32.7 Å². The Hall–Kier alpha value is -0.340. The molecule has 0 aliphatic heterocycles. The van der Waals surface area contributed by atoms with E-state index in [1.807, 2.05) is 7.05 Å². The summed E-state index contributed by atoms with van der Waals surface area (Å²) >= 11 is 0. The minimum absolute atomic E-state index is 0.505. The van der Waals surface area contributed by atoms with E-state index in [9.17, 15) is 0 Å². The second kappa shape index (κ2) is 7.32. The molecular formula is C10H21NO. The van der Waals surface area contributed by atoms with Gasteiger partial charge in [0.25, 0.3) is 0 Å². The van der Waals surface area contributed by atoms with Gasteiger partial charge in [-0.3, -0.25) is 0 Å². The molecule has 72 valence electrons. The monoisotopic (exact) mass is 171 g/mol. The van der Waals surface area contributed by atoms with Crippen LogP contribution in [0.15, 0.2) is 11.6 Å². The van der Waals surface area contributed by atoms with E-state index < -0.39 is 0 Å². The fraction of sp³-hybridized carbons (Fsp3) is 0.800. The molecule has 0 bridgehead atoms. The van der Waals surface area contributed by atoms with Gasteiger partial charge in [-0.25, -0.2) is 0 Å². The molecule has 0 heterocycles. The molecule has 0 aromatic carbocycles. The molecule has 1 unspecified atom stereocenters. The van der Waals surface area contributed by atoms with Gasteiger partial charge in [-0.2, -0.15) is 0 Å². The lowest BCUT2D eigenvalue weighted by Gasteiger charge is -2.11. The first-order valence-corrected chi connectivity index (χ1v) is 4.52. The van der Waals surface area contributed by atoms with Crippen molar-refractivity contribution in [2.24, 2.45) is 0 Å². The van der Waals surface area contributed by atoms with E-state index in [2.05, 4.69) is 25.2 Å². The summed E-state index contributed by atoms with van der Waals surface area (Å²) in [6.07, 6.45) is 4.52. The Morgan fingerprint density at radius 2 is 2.17 bits per heavy atom. The van der Waals surface area contributed by atoms with Gasteiger partial charge in [0.05, 0.1) is 0 Å². The molecule has 0 fully saturated rings. The number of hydrogen-bond acceptors (Lipinski definition) is 2. The third kappa shape index (κ3) is 6.38. The first-order valence-electron chi connectivity index (χ1n) is 4.52. The molecule has 1 atom stereocenters. The van der Waals surface area contributed by atoms with Crippen LogP contribution in [0.1, 0.15) is 26.7 Å². The van der Waals surface area contributed by atoms with Crippen molar-refractivity contribution in [2.75, 3.05) is 20.8 Å². The van der Waals surface area contributed by atoms with Crippen LogP contribution in [0.2, 0.25) is 0 Å². The zero-order valence-corrected chi connectivity index (χ0v) is 8.68. The average Bonchev–Trinajstić information content (AvgIpc) is 2.02. The molecular weight excluding hydrogens is 150 g/mol. The van der Waals surface area contributed by atoms with Crippen LogP contribution in [0.5, 0.6) is 0 Å². The van der Waals surface area contributed by atoms with Crippen LogP contribution in [-0.4, -0.2) is 26.8 Å². The molecule has 12 heavy (non-hydrogen) atoms. The zero-order chi connectivity index (χ0) is 9.40. The smallest absolute Gasteiger partial charge is 0.0462 e. The molecule has 1 N–H and O–H groups in total. The Kier molecular flexibility index (Phi) is 7.11. The van der Waals surface area contributed by atoms with Gasteiger partial charge in [0.15, 0.2) is 0 Å². The lowest BCUT2D eigenvalue weighted by Crippen LogP contribution is -2.23. The summed E-state index contributed by atoms with van der Waals surface area (Å²) in [6.45, 7) is 5.11. The second-order valence-electron chi connectivity index (χ2n) is 3.27. The third-order valence-electron chi connectivity index (χ3n) is 1.77. The molecule has 0 saturated heterocycles. The molecule has 0 aliphatic carbocycles. The second-order valence-corrected chi connectivity index (χ2v) is 3.27. The van der Waals surface area contributed by atoms with E-state index in [0.717, 1.165) is 19.4 Å². The highest BCUT2D eigenvalue weighted by molar-refractivity contribution is 5.00. The molecule has 0 amide bonds. The van der Waals surface area contributed by atoms with Gasteiger partial charge in [-0.05, 0) is 33.7 Å². The van der Waals surface area contributed by atoms with Crippen molar-refractivity contribution < 1.29 is 4.74 Å². The SMILES string of the molecule is CNC(C=C(C)C)CCCOC. The lowest BCUT2D eigenvalue weighted by atomic mass is 10.1. The molecule has 2 nitrogen and oxygen atoms in total. The summed E-state index contributed by atoms with van der Waals surface area (Å²) in [4.78, 5) is 0. The topological polar surface area (TPSA) is 21.3 Å². The van der Waals surface area contributed by atoms with Crippen molar-refractivity contribution in [3.63, 3.8) is 0 Å². The quantitative estimate of drug-likeness (QED) is 0.487. The summed E-state index contributed by atoms with van der Waals surface area (Å²) in [5.41, 5.74) is 1.37. The number of nitrogens with one attached hydrogen (secondary N) is 1. The Morgan fingerprint density at radius 3 is 2.58 bits per heavy atom. The Bertz CT molecular complexity index is 128. The summed E-state index contributed by atoms with van der Waals surface area (Å²) < 4.78 is 4.99. The van der Waals surface area contributed by atoms with Crippen molar-refractivity contribution in [1.29, 1.82) is 0 Å². The number of methoxy groups -OCH3 is 1. The third-order valence-corrected chi connectivity index (χ3v) is 1.77. The van der Waals surface area contributed by atoms with E-state index in [1.165, 1.54) is 5.57 Å². The van der Waals surface area contributed by atoms with Gasteiger partial charge in [0, 0.05) is 19.8 Å². The molecule has 0 rings (SSSR count). The molecule has 0 aromatic rings. The van der Waals surface area contributed by atoms with Crippen LogP contribution in [0.3, 0.4) is 0 Å². The van der Waals surface area contributed by atoms with Crippen molar-refractivity contribution >= 4 is 0 Å². The Balaban J connectivity index is 3.61. The first-order chi connectivity index (χ1) is 5.70. The van der Waals surface area contributed by atoms with E-state index >= 15 is 0 Å². The van der Waals surface area contributed by atoms with Gasteiger partial charge in [-0.15, -0.1) is 0 Å². The maximum Gasteiger partial charge on any atom is 0.0462 e. The zero-order valence-electron chi connectivity index (χ0n) is 8.68. The van der Waals surface area contributed by atoms with Crippen molar-refractivity contribution in [3.8, 4) is 0 Å². The number of hydrogen-bond donors (Lipinski definition) is 1. The predicted octanol–water partition coefficient (Wildman–Crippen LogP) is 1.97. The first kappa shape index (κ1) is 11.7. The highest BCUT2D eigenvalue weighted by atomic mass is 16.5. The number of likely N-dealkylation sites (N-methyl/N-ethyl adjacent to an activating group) is 1. The van der Waals surface area contributed by atoms with Gasteiger partial charge in [-0.1, -0.05) is 11.6 Å². The van der Waals surface area contributed by atoms with Gasteiger partial charge < -0.3 is 10.1 Å². The van der Waals surface area contributed by atoms with Crippen LogP contribution in [0.25, 0.3) is 0 Å². The van der Waals surface area contributed by atoms with Gasteiger partial charge >= 0.3 is 0 Å². The average molecular weight is 171 g/mol. The molecule has 0 saturated carbocycles. The number of rotatable bonds is 6.